The fraction of sp³-hybridized carbons (Fsp3) is 0.250. The van der Waals surface area contributed by atoms with E-state index in [1.807, 2.05) is 0 Å². The van der Waals surface area contributed by atoms with Gasteiger partial charge in [0.25, 0.3) is 0 Å². The van der Waals surface area contributed by atoms with Gasteiger partial charge in [-0.1, -0.05) is 23.5 Å². The van der Waals surface area contributed by atoms with Crippen molar-refractivity contribution in [3.63, 3.8) is 0 Å². The van der Waals surface area contributed by atoms with E-state index in [0.29, 0.717) is 10.7 Å². The molecule has 0 aliphatic rings. The molecular formula is C12H10F3N3OS. The summed E-state index contributed by atoms with van der Waals surface area (Å²) in [7, 11) is 0. The first-order chi connectivity index (χ1) is 9.34. The Morgan fingerprint density at radius 3 is 2.40 bits per heavy atom. The Hall–Kier alpha value is -1.96. The fourth-order valence-electron chi connectivity index (χ4n) is 1.51. The van der Waals surface area contributed by atoms with Crippen molar-refractivity contribution in [1.82, 2.24) is 10.2 Å². The molecule has 1 aromatic heterocycles. The summed E-state index contributed by atoms with van der Waals surface area (Å²) < 4.78 is 37.1. The third kappa shape index (κ3) is 3.77. The minimum absolute atomic E-state index is 0.0171. The van der Waals surface area contributed by atoms with Gasteiger partial charge >= 0.3 is 6.18 Å². The van der Waals surface area contributed by atoms with Gasteiger partial charge in [-0.3, -0.25) is 4.79 Å². The summed E-state index contributed by atoms with van der Waals surface area (Å²) in [5.74, 6) is -0.346. The van der Waals surface area contributed by atoms with Crippen molar-refractivity contribution in [3.8, 4) is 0 Å². The van der Waals surface area contributed by atoms with Crippen LogP contribution in [0.15, 0.2) is 24.3 Å². The molecule has 0 aliphatic carbocycles. The smallest absolute Gasteiger partial charge is 0.300 e. The van der Waals surface area contributed by atoms with Gasteiger partial charge in [0.1, 0.15) is 5.01 Å². The molecule has 8 heteroatoms. The molecular weight excluding hydrogens is 291 g/mol. The highest BCUT2D eigenvalue weighted by molar-refractivity contribution is 7.15. The summed E-state index contributed by atoms with van der Waals surface area (Å²) in [5.41, 5.74) is -0.238. The van der Waals surface area contributed by atoms with Crippen LogP contribution in [0.25, 0.3) is 0 Å². The SMILES string of the molecule is Cc1nnc(NC(=O)Cc2ccc(C(F)(F)F)cc2)s1. The van der Waals surface area contributed by atoms with Gasteiger partial charge in [-0.2, -0.15) is 13.2 Å². The standard InChI is InChI=1S/C12H10F3N3OS/c1-7-17-18-11(20-7)16-10(19)6-8-2-4-9(5-3-8)12(13,14)15/h2-5H,6H2,1H3,(H,16,18,19). The van der Waals surface area contributed by atoms with Gasteiger partial charge < -0.3 is 5.32 Å². The number of alkyl halides is 3. The molecule has 106 valence electrons. The van der Waals surface area contributed by atoms with Crippen molar-refractivity contribution in [2.45, 2.75) is 19.5 Å². The summed E-state index contributed by atoms with van der Waals surface area (Å²) in [6.45, 7) is 1.75. The molecule has 2 rings (SSSR count). The number of anilines is 1. The Balaban J connectivity index is 1.98. The van der Waals surface area contributed by atoms with E-state index in [4.69, 9.17) is 0 Å². The van der Waals surface area contributed by atoms with E-state index < -0.39 is 11.7 Å². The van der Waals surface area contributed by atoms with Crippen LogP contribution in [-0.4, -0.2) is 16.1 Å². The van der Waals surface area contributed by atoms with E-state index in [0.717, 1.165) is 17.1 Å². The summed E-state index contributed by atoms with van der Waals surface area (Å²) in [5, 5.41) is 11.1. The van der Waals surface area contributed by atoms with Crippen molar-refractivity contribution < 1.29 is 18.0 Å². The minimum Gasteiger partial charge on any atom is -0.300 e. The predicted molar refractivity (Wildman–Crippen MR) is 68.4 cm³/mol. The number of rotatable bonds is 3. The highest BCUT2D eigenvalue weighted by Gasteiger charge is 2.29. The molecule has 1 amide bonds. The topological polar surface area (TPSA) is 54.9 Å². The van der Waals surface area contributed by atoms with Gasteiger partial charge in [-0.05, 0) is 24.6 Å². The quantitative estimate of drug-likeness (QED) is 0.948. The van der Waals surface area contributed by atoms with Crippen LogP contribution in [0.3, 0.4) is 0 Å². The van der Waals surface area contributed by atoms with E-state index in [9.17, 15) is 18.0 Å². The van der Waals surface area contributed by atoms with E-state index in [2.05, 4.69) is 15.5 Å². The largest absolute Gasteiger partial charge is 0.416 e. The first-order valence-corrected chi connectivity index (χ1v) is 6.42. The second-order valence-electron chi connectivity index (χ2n) is 4.05. The highest BCUT2D eigenvalue weighted by Crippen LogP contribution is 2.29. The number of aryl methyl sites for hydroxylation is 1. The normalized spacial score (nSPS) is 11.4. The lowest BCUT2D eigenvalue weighted by Crippen LogP contribution is -2.14. The van der Waals surface area contributed by atoms with E-state index in [1.165, 1.54) is 23.5 Å². The van der Waals surface area contributed by atoms with Crippen LogP contribution in [0.1, 0.15) is 16.1 Å². The lowest BCUT2D eigenvalue weighted by atomic mass is 10.1. The molecule has 0 saturated heterocycles. The number of benzene rings is 1. The average Bonchev–Trinajstić information content (AvgIpc) is 2.74. The number of aromatic nitrogens is 2. The lowest BCUT2D eigenvalue weighted by molar-refractivity contribution is -0.137. The summed E-state index contributed by atoms with van der Waals surface area (Å²) in [6, 6.07) is 4.48. The molecule has 0 aliphatic heterocycles. The molecule has 0 fully saturated rings. The molecule has 0 saturated carbocycles. The molecule has 1 aromatic carbocycles. The van der Waals surface area contributed by atoms with Crippen molar-refractivity contribution in [2.24, 2.45) is 0 Å². The van der Waals surface area contributed by atoms with Gasteiger partial charge in [0.05, 0.1) is 12.0 Å². The molecule has 0 radical (unpaired) electrons. The Morgan fingerprint density at radius 1 is 1.25 bits per heavy atom. The van der Waals surface area contributed by atoms with Crippen molar-refractivity contribution in [1.29, 1.82) is 0 Å². The van der Waals surface area contributed by atoms with Gasteiger partial charge in [0.2, 0.25) is 11.0 Å². The lowest BCUT2D eigenvalue weighted by Gasteiger charge is -2.07. The molecule has 0 unspecified atom stereocenters. The predicted octanol–water partition coefficient (Wildman–Crippen LogP) is 3.05. The number of nitrogens with zero attached hydrogens (tertiary/aromatic N) is 2. The number of amides is 1. The summed E-state index contributed by atoms with van der Waals surface area (Å²) in [4.78, 5) is 11.7. The zero-order chi connectivity index (χ0) is 14.8. The summed E-state index contributed by atoms with van der Waals surface area (Å²) >= 11 is 1.23. The molecule has 0 spiro atoms. The highest BCUT2D eigenvalue weighted by atomic mass is 32.1. The maximum atomic E-state index is 12.4. The number of hydrogen-bond acceptors (Lipinski definition) is 4. The maximum Gasteiger partial charge on any atom is 0.416 e. The average molecular weight is 301 g/mol. The van der Waals surface area contributed by atoms with Crippen LogP contribution < -0.4 is 5.32 Å². The van der Waals surface area contributed by atoms with Crippen molar-refractivity contribution in [3.05, 3.63) is 40.4 Å². The second kappa shape index (κ2) is 5.58. The van der Waals surface area contributed by atoms with E-state index in [1.54, 1.807) is 6.92 Å². The van der Waals surface area contributed by atoms with E-state index in [-0.39, 0.29) is 12.3 Å². The van der Waals surface area contributed by atoms with Crippen LogP contribution in [0.2, 0.25) is 0 Å². The Morgan fingerprint density at radius 2 is 1.90 bits per heavy atom. The third-order valence-corrected chi connectivity index (χ3v) is 3.17. The van der Waals surface area contributed by atoms with Crippen LogP contribution in [-0.2, 0) is 17.4 Å². The number of carbonyl (C=O) groups is 1. The molecule has 0 bridgehead atoms. The number of nitrogens with one attached hydrogen (secondary N) is 1. The van der Waals surface area contributed by atoms with Crippen LogP contribution in [0.4, 0.5) is 18.3 Å². The van der Waals surface area contributed by atoms with E-state index >= 15 is 0 Å². The first-order valence-electron chi connectivity index (χ1n) is 5.61. The molecule has 20 heavy (non-hydrogen) atoms. The number of hydrogen-bond donors (Lipinski definition) is 1. The zero-order valence-electron chi connectivity index (χ0n) is 10.4. The van der Waals surface area contributed by atoms with Gasteiger partial charge in [0, 0.05) is 0 Å². The number of halogens is 3. The minimum atomic E-state index is -4.37. The van der Waals surface area contributed by atoms with Crippen LogP contribution >= 0.6 is 11.3 Å². The van der Waals surface area contributed by atoms with Crippen molar-refractivity contribution >= 4 is 22.4 Å². The Kier molecular flexibility index (Phi) is 4.03. The summed E-state index contributed by atoms with van der Waals surface area (Å²) in [6.07, 6.45) is -4.39. The fourth-order valence-corrected chi connectivity index (χ4v) is 2.12. The molecule has 2 aromatic rings. The monoisotopic (exact) mass is 301 g/mol. The maximum absolute atomic E-state index is 12.4. The van der Waals surface area contributed by atoms with Crippen LogP contribution in [0.5, 0.6) is 0 Å². The molecule has 1 N–H and O–H groups in total. The van der Waals surface area contributed by atoms with Crippen molar-refractivity contribution in [2.75, 3.05) is 5.32 Å². The number of carbonyl (C=O) groups excluding carboxylic acids is 1. The van der Waals surface area contributed by atoms with Gasteiger partial charge in [0.15, 0.2) is 0 Å². The van der Waals surface area contributed by atoms with Gasteiger partial charge in [-0.15, -0.1) is 10.2 Å². The van der Waals surface area contributed by atoms with Gasteiger partial charge in [-0.25, -0.2) is 0 Å². The molecule has 0 atom stereocenters. The molecule has 4 nitrogen and oxygen atoms in total. The molecule has 1 heterocycles. The first kappa shape index (κ1) is 14.4. The third-order valence-electron chi connectivity index (χ3n) is 2.42. The Labute approximate surface area is 116 Å². The Bertz CT molecular complexity index is 607. The second-order valence-corrected chi connectivity index (χ2v) is 5.23. The van der Waals surface area contributed by atoms with Crippen LogP contribution in [0, 0.1) is 6.92 Å². The zero-order valence-corrected chi connectivity index (χ0v) is 11.2.